The maximum absolute atomic E-state index is 5.73. The molecule has 0 aliphatic carbocycles. The molecule has 0 saturated carbocycles. The predicted octanol–water partition coefficient (Wildman–Crippen LogP) is 2.59. The van der Waals surface area contributed by atoms with Gasteiger partial charge in [-0.05, 0) is 18.1 Å². The molecule has 18 heavy (non-hydrogen) atoms. The van der Waals surface area contributed by atoms with Gasteiger partial charge in [-0.25, -0.2) is 4.98 Å². The monoisotopic (exact) mass is 268 g/mol. The van der Waals surface area contributed by atoms with Gasteiger partial charge in [-0.3, -0.25) is 4.99 Å². The van der Waals surface area contributed by atoms with Crippen molar-refractivity contribution in [3.8, 4) is 0 Å². The summed E-state index contributed by atoms with van der Waals surface area (Å²) in [6, 6.07) is 3.74. The quantitative estimate of drug-likeness (QED) is 0.361. The Morgan fingerprint density at radius 2 is 2.17 bits per heavy atom. The zero-order valence-corrected chi connectivity index (χ0v) is 11.8. The first-order chi connectivity index (χ1) is 8.76. The summed E-state index contributed by atoms with van der Waals surface area (Å²) in [5.41, 5.74) is 1.08. The lowest BCUT2D eigenvalue weighted by molar-refractivity contribution is 0.682. The van der Waals surface area contributed by atoms with E-state index < -0.39 is 0 Å². The van der Waals surface area contributed by atoms with Crippen molar-refractivity contribution in [3.63, 3.8) is 0 Å². The van der Waals surface area contributed by atoms with Crippen molar-refractivity contribution < 1.29 is 0 Å². The number of pyridine rings is 1. The molecule has 0 fully saturated rings. The zero-order valence-electron chi connectivity index (χ0n) is 11.0. The minimum atomic E-state index is 0.515. The topological polar surface area (TPSA) is 49.3 Å². The van der Waals surface area contributed by atoms with E-state index in [1.807, 2.05) is 6.07 Å². The number of aromatic nitrogens is 1. The first-order valence-electron chi connectivity index (χ1n) is 6.31. The Balaban J connectivity index is 2.29. The van der Waals surface area contributed by atoms with Gasteiger partial charge in [0.15, 0.2) is 5.96 Å². The minimum Gasteiger partial charge on any atom is -0.356 e. The average Bonchev–Trinajstić information content (AvgIpc) is 2.40. The lowest BCUT2D eigenvalue weighted by Crippen LogP contribution is -2.37. The number of nitrogens with one attached hydrogen (secondary N) is 2. The molecule has 1 aromatic heterocycles. The van der Waals surface area contributed by atoms with E-state index in [0.717, 1.165) is 18.1 Å². The van der Waals surface area contributed by atoms with Crippen LogP contribution in [0.25, 0.3) is 0 Å². The molecule has 0 radical (unpaired) electrons. The van der Waals surface area contributed by atoms with Crippen LogP contribution in [-0.4, -0.2) is 24.5 Å². The second-order valence-corrected chi connectivity index (χ2v) is 4.44. The Morgan fingerprint density at radius 1 is 1.33 bits per heavy atom. The second-order valence-electron chi connectivity index (χ2n) is 4.05. The van der Waals surface area contributed by atoms with Gasteiger partial charge in [0, 0.05) is 26.3 Å². The number of aliphatic imine (C=N–C) groups is 1. The van der Waals surface area contributed by atoms with Gasteiger partial charge in [-0.1, -0.05) is 37.4 Å². The lowest BCUT2D eigenvalue weighted by Gasteiger charge is -2.11. The van der Waals surface area contributed by atoms with Gasteiger partial charge in [0.05, 0.1) is 0 Å². The zero-order chi connectivity index (χ0) is 13.2. The number of halogens is 1. The van der Waals surface area contributed by atoms with E-state index in [1.54, 1.807) is 19.3 Å². The SMILES string of the molecule is CCCCCNC(=NC)NCc1ccc(Cl)nc1. The van der Waals surface area contributed by atoms with E-state index >= 15 is 0 Å². The summed E-state index contributed by atoms with van der Waals surface area (Å²) >= 11 is 5.73. The van der Waals surface area contributed by atoms with Crippen LogP contribution in [0.1, 0.15) is 31.7 Å². The fraction of sp³-hybridized carbons (Fsp3) is 0.538. The molecule has 100 valence electrons. The molecule has 0 bridgehead atoms. The Hall–Kier alpha value is -1.29. The number of hydrogen-bond acceptors (Lipinski definition) is 2. The van der Waals surface area contributed by atoms with Crippen LogP contribution >= 0.6 is 11.6 Å². The summed E-state index contributed by atoms with van der Waals surface area (Å²) in [6.07, 6.45) is 5.40. The molecule has 2 N–H and O–H groups in total. The van der Waals surface area contributed by atoms with Crippen molar-refractivity contribution in [1.82, 2.24) is 15.6 Å². The van der Waals surface area contributed by atoms with Gasteiger partial charge in [0.1, 0.15) is 5.15 Å². The summed E-state index contributed by atoms with van der Waals surface area (Å²) in [6.45, 7) is 3.84. The third-order valence-corrected chi connectivity index (χ3v) is 2.77. The molecule has 0 saturated heterocycles. The molecule has 0 spiro atoms. The number of nitrogens with zero attached hydrogens (tertiary/aromatic N) is 2. The highest BCUT2D eigenvalue weighted by Gasteiger charge is 1.98. The third kappa shape index (κ3) is 5.87. The predicted molar refractivity (Wildman–Crippen MR) is 77.0 cm³/mol. The van der Waals surface area contributed by atoms with Crippen LogP contribution in [0.3, 0.4) is 0 Å². The van der Waals surface area contributed by atoms with Crippen LogP contribution in [0.5, 0.6) is 0 Å². The molecule has 4 nitrogen and oxygen atoms in total. The molecule has 1 aromatic rings. The van der Waals surface area contributed by atoms with Crippen LogP contribution in [0.15, 0.2) is 23.3 Å². The Morgan fingerprint density at radius 3 is 2.78 bits per heavy atom. The number of guanidine groups is 1. The fourth-order valence-corrected chi connectivity index (χ4v) is 1.61. The summed E-state index contributed by atoms with van der Waals surface area (Å²) < 4.78 is 0. The summed E-state index contributed by atoms with van der Waals surface area (Å²) in [5, 5.41) is 7.03. The highest BCUT2D eigenvalue weighted by atomic mass is 35.5. The number of unbranched alkanes of at least 4 members (excludes halogenated alkanes) is 2. The van der Waals surface area contributed by atoms with Crippen LogP contribution in [0.4, 0.5) is 0 Å². The Kier molecular flexibility index (Phi) is 7.18. The molecule has 1 heterocycles. The summed E-state index contributed by atoms with van der Waals surface area (Å²) in [7, 11) is 1.77. The highest BCUT2D eigenvalue weighted by molar-refractivity contribution is 6.29. The molecule has 5 heteroatoms. The van der Waals surface area contributed by atoms with Crippen LogP contribution in [-0.2, 0) is 6.54 Å². The van der Waals surface area contributed by atoms with E-state index in [-0.39, 0.29) is 0 Å². The van der Waals surface area contributed by atoms with Crippen LogP contribution < -0.4 is 10.6 Å². The van der Waals surface area contributed by atoms with Crippen molar-refractivity contribution >= 4 is 17.6 Å². The highest BCUT2D eigenvalue weighted by Crippen LogP contribution is 2.04. The largest absolute Gasteiger partial charge is 0.356 e. The summed E-state index contributed by atoms with van der Waals surface area (Å²) in [4.78, 5) is 8.20. The normalized spacial score (nSPS) is 11.4. The van der Waals surface area contributed by atoms with Gasteiger partial charge < -0.3 is 10.6 Å². The van der Waals surface area contributed by atoms with Crippen LogP contribution in [0, 0.1) is 0 Å². The maximum Gasteiger partial charge on any atom is 0.191 e. The van der Waals surface area contributed by atoms with Crippen molar-refractivity contribution in [2.45, 2.75) is 32.7 Å². The molecule has 0 aliphatic heterocycles. The van der Waals surface area contributed by atoms with Crippen molar-refractivity contribution in [3.05, 3.63) is 29.0 Å². The van der Waals surface area contributed by atoms with Crippen molar-refractivity contribution in [2.75, 3.05) is 13.6 Å². The average molecular weight is 269 g/mol. The first kappa shape index (κ1) is 14.8. The summed E-state index contributed by atoms with van der Waals surface area (Å²) in [5.74, 6) is 0.820. The van der Waals surface area contributed by atoms with Gasteiger partial charge in [-0.2, -0.15) is 0 Å². The molecule has 0 aliphatic rings. The van der Waals surface area contributed by atoms with E-state index in [1.165, 1.54) is 19.3 Å². The van der Waals surface area contributed by atoms with Crippen LogP contribution in [0.2, 0.25) is 5.15 Å². The van der Waals surface area contributed by atoms with E-state index in [4.69, 9.17) is 11.6 Å². The maximum atomic E-state index is 5.73. The van der Waals surface area contributed by atoms with Crippen molar-refractivity contribution in [1.29, 1.82) is 0 Å². The number of hydrogen-bond donors (Lipinski definition) is 2. The number of rotatable bonds is 6. The molecule has 0 amide bonds. The van der Waals surface area contributed by atoms with Gasteiger partial charge >= 0.3 is 0 Å². The fourth-order valence-electron chi connectivity index (χ4n) is 1.50. The lowest BCUT2D eigenvalue weighted by atomic mass is 10.2. The first-order valence-corrected chi connectivity index (χ1v) is 6.69. The molecule has 0 unspecified atom stereocenters. The smallest absolute Gasteiger partial charge is 0.191 e. The molecule has 0 atom stereocenters. The third-order valence-electron chi connectivity index (χ3n) is 2.54. The van der Waals surface area contributed by atoms with E-state index in [2.05, 4.69) is 27.5 Å². The molecular weight excluding hydrogens is 248 g/mol. The molecular formula is C13H21ClN4. The Bertz CT molecular complexity index is 362. The van der Waals surface area contributed by atoms with Gasteiger partial charge in [0.2, 0.25) is 0 Å². The van der Waals surface area contributed by atoms with E-state index in [9.17, 15) is 0 Å². The standard InChI is InChI=1S/C13H21ClN4/c1-3-4-5-8-16-13(15-2)18-10-11-6-7-12(14)17-9-11/h6-7,9H,3-5,8,10H2,1-2H3,(H2,15,16,18). The van der Waals surface area contributed by atoms with Gasteiger partial charge in [0.25, 0.3) is 0 Å². The van der Waals surface area contributed by atoms with E-state index in [0.29, 0.717) is 11.7 Å². The second kappa shape index (κ2) is 8.75. The molecule has 1 rings (SSSR count). The Labute approximate surface area is 114 Å². The van der Waals surface area contributed by atoms with Gasteiger partial charge in [-0.15, -0.1) is 0 Å². The van der Waals surface area contributed by atoms with Crippen molar-refractivity contribution in [2.24, 2.45) is 4.99 Å². The minimum absolute atomic E-state index is 0.515. The molecule has 0 aromatic carbocycles.